The van der Waals surface area contributed by atoms with Gasteiger partial charge in [0.25, 0.3) is 0 Å². The molecule has 3 aromatic heterocycles. The SMILES string of the molecule is CCc1nc(C)c2c(OCc3c(C)cc(C)cc3C)nc3ccc(OC)nc3n12. The molecule has 0 saturated heterocycles. The summed E-state index contributed by atoms with van der Waals surface area (Å²) in [5, 5.41) is 0. The van der Waals surface area contributed by atoms with Gasteiger partial charge in [0.05, 0.1) is 12.8 Å². The molecule has 4 aromatic rings. The van der Waals surface area contributed by atoms with Crippen LogP contribution in [0.15, 0.2) is 24.3 Å². The van der Waals surface area contributed by atoms with E-state index in [1.165, 1.54) is 22.3 Å². The summed E-state index contributed by atoms with van der Waals surface area (Å²) in [4.78, 5) is 14.1. The monoisotopic (exact) mass is 390 g/mol. The lowest BCUT2D eigenvalue weighted by molar-refractivity contribution is 0.296. The number of hydrogen-bond acceptors (Lipinski definition) is 5. The average Bonchev–Trinajstić information content (AvgIpc) is 3.03. The maximum Gasteiger partial charge on any atom is 0.241 e. The molecule has 0 bridgehead atoms. The highest BCUT2D eigenvalue weighted by atomic mass is 16.5. The highest BCUT2D eigenvalue weighted by molar-refractivity contribution is 5.79. The molecule has 0 amide bonds. The first kappa shape index (κ1) is 19.2. The van der Waals surface area contributed by atoms with Gasteiger partial charge in [-0.15, -0.1) is 0 Å². The number of benzene rings is 1. The van der Waals surface area contributed by atoms with Gasteiger partial charge in [-0.3, -0.25) is 4.40 Å². The van der Waals surface area contributed by atoms with Crippen molar-refractivity contribution in [2.24, 2.45) is 0 Å². The summed E-state index contributed by atoms with van der Waals surface area (Å²) >= 11 is 0. The van der Waals surface area contributed by atoms with Crippen LogP contribution in [0.5, 0.6) is 11.8 Å². The van der Waals surface area contributed by atoms with E-state index in [4.69, 9.17) is 19.4 Å². The first-order chi connectivity index (χ1) is 13.9. The van der Waals surface area contributed by atoms with E-state index in [2.05, 4.69) is 44.8 Å². The second-order valence-corrected chi connectivity index (χ2v) is 7.43. The Morgan fingerprint density at radius 2 is 1.69 bits per heavy atom. The van der Waals surface area contributed by atoms with Gasteiger partial charge >= 0.3 is 0 Å². The predicted molar refractivity (Wildman–Crippen MR) is 114 cm³/mol. The van der Waals surface area contributed by atoms with Crippen LogP contribution in [0.1, 0.15) is 40.7 Å². The molecule has 0 atom stereocenters. The van der Waals surface area contributed by atoms with E-state index in [1.807, 2.05) is 23.5 Å². The predicted octanol–water partition coefficient (Wildman–Crippen LogP) is 4.66. The molecule has 6 heteroatoms. The Hall–Kier alpha value is -3.15. The van der Waals surface area contributed by atoms with E-state index in [1.54, 1.807) is 7.11 Å². The molecular formula is C23H26N4O2. The molecule has 0 spiro atoms. The molecule has 0 saturated carbocycles. The number of pyridine rings is 1. The minimum absolute atomic E-state index is 0.460. The lowest BCUT2D eigenvalue weighted by atomic mass is 10.0. The van der Waals surface area contributed by atoms with Gasteiger partial charge in [-0.1, -0.05) is 24.6 Å². The van der Waals surface area contributed by atoms with Crippen LogP contribution < -0.4 is 9.47 Å². The van der Waals surface area contributed by atoms with E-state index < -0.39 is 0 Å². The first-order valence-corrected chi connectivity index (χ1v) is 9.85. The Labute approximate surface area is 170 Å². The molecule has 150 valence electrons. The summed E-state index contributed by atoms with van der Waals surface area (Å²) in [5.41, 5.74) is 8.12. The molecule has 1 aromatic carbocycles. The van der Waals surface area contributed by atoms with Crippen molar-refractivity contribution in [3.8, 4) is 11.8 Å². The van der Waals surface area contributed by atoms with Crippen LogP contribution in [0.3, 0.4) is 0 Å². The Morgan fingerprint density at radius 1 is 0.966 bits per heavy atom. The highest BCUT2D eigenvalue weighted by Crippen LogP contribution is 2.29. The lowest BCUT2D eigenvalue weighted by Gasteiger charge is -2.14. The summed E-state index contributed by atoms with van der Waals surface area (Å²) in [6.07, 6.45) is 0.780. The fourth-order valence-corrected chi connectivity index (χ4v) is 3.93. The minimum Gasteiger partial charge on any atom is -0.481 e. The topological polar surface area (TPSA) is 61.5 Å². The molecule has 0 radical (unpaired) electrons. The van der Waals surface area contributed by atoms with E-state index in [-0.39, 0.29) is 0 Å². The van der Waals surface area contributed by atoms with Gasteiger partial charge in [-0.25, -0.2) is 9.97 Å². The van der Waals surface area contributed by atoms with Crippen molar-refractivity contribution in [2.45, 2.75) is 47.6 Å². The zero-order chi connectivity index (χ0) is 20.7. The Balaban J connectivity index is 1.87. The van der Waals surface area contributed by atoms with Gasteiger partial charge in [-0.05, 0) is 50.5 Å². The van der Waals surface area contributed by atoms with Crippen molar-refractivity contribution in [3.63, 3.8) is 0 Å². The Morgan fingerprint density at radius 3 is 2.34 bits per heavy atom. The molecule has 0 N–H and O–H groups in total. The lowest BCUT2D eigenvalue weighted by Crippen LogP contribution is -2.06. The van der Waals surface area contributed by atoms with Crippen molar-refractivity contribution >= 4 is 16.7 Å². The van der Waals surface area contributed by atoms with Crippen LogP contribution in [0, 0.1) is 27.7 Å². The third kappa shape index (κ3) is 3.28. The van der Waals surface area contributed by atoms with Gasteiger partial charge in [-0.2, -0.15) is 4.98 Å². The summed E-state index contributed by atoms with van der Waals surface area (Å²) in [6.45, 7) is 10.9. The quantitative estimate of drug-likeness (QED) is 0.496. The van der Waals surface area contributed by atoms with Gasteiger partial charge < -0.3 is 9.47 Å². The van der Waals surface area contributed by atoms with Crippen molar-refractivity contribution in [3.05, 3.63) is 58.0 Å². The van der Waals surface area contributed by atoms with Gasteiger partial charge in [0.1, 0.15) is 23.5 Å². The molecule has 29 heavy (non-hydrogen) atoms. The Bertz CT molecular complexity index is 1200. The number of aryl methyl sites for hydroxylation is 5. The fraction of sp³-hybridized carbons (Fsp3) is 0.348. The van der Waals surface area contributed by atoms with Crippen LogP contribution >= 0.6 is 0 Å². The average molecular weight is 390 g/mol. The maximum absolute atomic E-state index is 6.28. The summed E-state index contributed by atoms with van der Waals surface area (Å²) in [6, 6.07) is 8.09. The number of hydrogen-bond donors (Lipinski definition) is 0. The molecule has 0 aliphatic carbocycles. The normalized spacial score (nSPS) is 11.4. The molecule has 6 nitrogen and oxygen atoms in total. The van der Waals surface area contributed by atoms with Crippen LogP contribution in [0.2, 0.25) is 0 Å². The maximum atomic E-state index is 6.28. The van der Waals surface area contributed by atoms with E-state index >= 15 is 0 Å². The Kier molecular flexibility index (Phi) is 4.86. The molecule has 0 aliphatic heterocycles. The van der Waals surface area contributed by atoms with E-state index in [0.717, 1.165) is 34.6 Å². The summed E-state index contributed by atoms with van der Waals surface area (Å²) in [5.74, 6) is 2.06. The van der Waals surface area contributed by atoms with Crippen molar-refractivity contribution in [1.82, 2.24) is 19.4 Å². The largest absolute Gasteiger partial charge is 0.481 e. The van der Waals surface area contributed by atoms with Crippen molar-refractivity contribution < 1.29 is 9.47 Å². The highest BCUT2D eigenvalue weighted by Gasteiger charge is 2.19. The summed E-state index contributed by atoms with van der Waals surface area (Å²) in [7, 11) is 1.61. The number of fused-ring (bicyclic) bond motifs is 3. The first-order valence-electron chi connectivity index (χ1n) is 9.85. The van der Waals surface area contributed by atoms with Gasteiger partial charge in [0.2, 0.25) is 11.8 Å². The van der Waals surface area contributed by atoms with Crippen LogP contribution in [-0.2, 0) is 13.0 Å². The van der Waals surface area contributed by atoms with Crippen molar-refractivity contribution in [2.75, 3.05) is 7.11 Å². The smallest absolute Gasteiger partial charge is 0.241 e. The zero-order valence-electron chi connectivity index (χ0n) is 17.8. The fourth-order valence-electron chi connectivity index (χ4n) is 3.93. The van der Waals surface area contributed by atoms with Crippen LogP contribution in [-0.4, -0.2) is 26.5 Å². The van der Waals surface area contributed by atoms with Crippen LogP contribution in [0.25, 0.3) is 16.7 Å². The van der Waals surface area contributed by atoms with E-state index in [9.17, 15) is 0 Å². The number of rotatable bonds is 5. The number of methoxy groups -OCH3 is 1. The molecule has 3 heterocycles. The number of ether oxygens (including phenoxy) is 2. The number of nitrogens with zero attached hydrogens (tertiary/aromatic N) is 4. The van der Waals surface area contributed by atoms with Crippen LogP contribution in [0.4, 0.5) is 0 Å². The van der Waals surface area contributed by atoms with Gasteiger partial charge in [0.15, 0.2) is 5.65 Å². The molecular weight excluding hydrogens is 364 g/mol. The molecule has 0 aliphatic rings. The minimum atomic E-state index is 0.460. The third-order valence-corrected chi connectivity index (χ3v) is 5.31. The van der Waals surface area contributed by atoms with Crippen molar-refractivity contribution in [1.29, 1.82) is 0 Å². The number of aromatic nitrogens is 4. The third-order valence-electron chi connectivity index (χ3n) is 5.31. The second kappa shape index (κ2) is 7.35. The molecule has 4 rings (SSSR count). The van der Waals surface area contributed by atoms with Gasteiger partial charge in [0, 0.05) is 12.5 Å². The molecule has 0 unspecified atom stereocenters. The standard InChI is InChI=1S/C23H26N4O2/c1-7-19-24-16(5)21-23(29-12-17-14(3)10-13(2)11-15(17)4)25-18-8-9-20(28-6)26-22(18)27(19)21/h8-11H,7,12H2,1-6H3. The second-order valence-electron chi connectivity index (χ2n) is 7.43. The summed E-state index contributed by atoms with van der Waals surface area (Å²) < 4.78 is 13.6. The number of imidazole rings is 1. The zero-order valence-corrected chi connectivity index (χ0v) is 17.8. The van der Waals surface area contributed by atoms with E-state index in [0.29, 0.717) is 18.4 Å². The molecule has 0 fully saturated rings.